The van der Waals surface area contributed by atoms with Crippen molar-refractivity contribution in [3.8, 4) is 0 Å². The number of benzene rings is 2. The number of esters is 1. The molecule has 0 aromatic heterocycles. The molecule has 0 spiro atoms. The van der Waals surface area contributed by atoms with Crippen LogP contribution in [0.4, 0.5) is 5.69 Å². The molecule has 4 nitrogen and oxygen atoms in total. The minimum Gasteiger partial charge on any atom is -0.506 e. The van der Waals surface area contributed by atoms with Crippen LogP contribution in [0, 0.1) is 0 Å². The molecule has 0 aliphatic heterocycles. The maximum atomic E-state index is 12.1. The second kappa shape index (κ2) is 8.52. The van der Waals surface area contributed by atoms with Gasteiger partial charge in [-0.15, -0.1) is 0 Å². The molecule has 0 radical (unpaired) electrons. The van der Waals surface area contributed by atoms with Crippen molar-refractivity contribution in [2.45, 2.75) is 6.92 Å². The van der Waals surface area contributed by atoms with Gasteiger partial charge in [-0.25, -0.2) is 4.79 Å². The van der Waals surface area contributed by atoms with Crippen molar-refractivity contribution in [2.24, 2.45) is 4.99 Å². The molecule has 2 aromatic carbocycles. The predicted molar refractivity (Wildman–Crippen MR) is 97.2 cm³/mol. The topological polar surface area (TPSA) is 58.9 Å². The first-order chi connectivity index (χ1) is 11.5. The van der Waals surface area contributed by atoms with E-state index in [-0.39, 0.29) is 17.9 Å². The molecule has 0 atom stereocenters. The third-order valence-corrected chi connectivity index (χ3v) is 3.63. The molecule has 6 heteroatoms. The number of carbonyl (C=O) groups excluding carboxylic acids is 1. The van der Waals surface area contributed by atoms with Crippen LogP contribution >= 0.6 is 23.2 Å². The van der Waals surface area contributed by atoms with Gasteiger partial charge in [0, 0.05) is 16.8 Å². The maximum absolute atomic E-state index is 12.1. The van der Waals surface area contributed by atoms with Crippen molar-refractivity contribution in [1.29, 1.82) is 0 Å². The second-order valence-electron chi connectivity index (χ2n) is 4.70. The lowest BCUT2D eigenvalue weighted by atomic mass is 10.1. The van der Waals surface area contributed by atoms with Crippen LogP contribution in [0.1, 0.15) is 12.5 Å². The molecule has 2 aromatic rings. The van der Waals surface area contributed by atoms with Gasteiger partial charge in [-0.2, -0.15) is 0 Å². The lowest BCUT2D eigenvalue weighted by molar-refractivity contribution is -0.137. The molecule has 0 aliphatic carbocycles. The monoisotopic (exact) mass is 363 g/mol. The Morgan fingerprint density at radius 3 is 2.46 bits per heavy atom. The number of ether oxygens (including phenoxy) is 1. The first-order valence-electron chi connectivity index (χ1n) is 7.17. The van der Waals surface area contributed by atoms with Gasteiger partial charge in [0.1, 0.15) is 11.3 Å². The molecule has 0 saturated heterocycles. The molecule has 0 saturated carbocycles. The number of aliphatic imine (C=N–C) groups is 1. The quantitative estimate of drug-likeness (QED) is 0.342. The van der Waals surface area contributed by atoms with Gasteiger partial charge in [0.2, 0.25) is 0 Å². The zero-order valence-electron chi connectivity index (χ0n) is 12.9. The van der Waals surface area contributed by atoms with Crippen molar-refractivity contribution < 1.29 is 14.6 Å². The average Bonchev–Trinajstić information content (AvgIpc) is 2.57. The summed E-state index contributed by atoms with van der Waals surface area (Å²) in [5.41, 5.74) is 0.817. The van der Waals surface area contributed by atoms with Crippen LogP contribution in [-0.2, 0) is 9.53 Å². The molecular formula is C18H15Cl2NO3. The van der Waals surface area contributed by atoms with Crippen molar-refractivity contribution in [2.75, 3.05) is 6.61 Å². The average molecular weight is 364 g/mol. The SMILES string of the molecule is CCOC(=O)C(C=Nc1ccc(Cl)cc1)=C(O)c1ccccc1Cl. The van der Waals surface area contributed by atoms with E-state index in [1.165, 1.54) is 6.21 Å². The number of aliphatic hydroxyl groups is 1. The van der Waals surface area contributed by atoms with Crippen molar-refractivity contribution in [3.05, 3.63) is 69.7 Å². The highest BCUT2D eigenvalue weighted by Crippen LogP contribution is 2.25. The Kier molecular flexibility index (Phi) is 6.41. The van der Waals surface area contributed by atoms with E-state index in [4.69, 9.17) is 27.9 Å². The van der Waals surface area contributed by atoms with E-state index < -0.39 is 5.97 Å². The predicted octanol–water partition coefficient (Wildman–Crippen LogP) is 5.23. The summed E-state index contributed by atoms with van der Waals surface area (Å²) < 4.78 is 4.98. The first-order valence-corrected chi connectivity index (χ1v) is 7.93. The highest BCUT2D eigenvalue weighted by atomic mass is 35.5. The summed E-state index contributed by atoms with van der Waals surface area (Å²) in [5.74, 6) is -0.982. The Morgan fingerprint density at radius 2 is 1.83 bits per heavy atom. The third kappa shape index (κ3) is 4.60. The van der Waals surface area contributed by atoms with E-state index in [1.807, 2.05) is 0 Å². The van der Waals surface area contributed by atoms with E-state index in [9.17, 15) is 9.90 Å². The molecule has 2 rings (SSSR count). The standard InChI is InChI=1S/C18H15Cl2NO3/c1-2-24-18(23)15(11-21-13-9-7-12(19)8-10-13)17(22)14-5-3-4-6-16(14)20/h3-11,22H,2H2,1H3. The summed E-state index contributed by atoms with van der Waals surface area (Å²) in [6.45, 7) is 1.85. The fourth-order valence-corrected chi connectivity index (χ4v) is 2.24. The van der Waals surface area contributed by atoms with Crippen LogP contribution in [0.3, 0.4) is 0 Å². The van der Waals surface area contributed by atoms with Gasteiger partial charge in [-0.05, 0) is 43.3 Å². The lowest BCUT2D eigenvalue weighted by Gasteiger charge is -2.08. The molecule has 0 bridgehead atoms. The number of carbonyl (C=O) groups is 1. The molecule has 24 heavy (non-hydrogen) atoms. The largest absolute Gasteiger partial charge is 0.506 e. The summed E-state index contributed by atoms with van der Waals surface area (Å²) in [5, 5.41) is 11.4. The van der Waals surface area contributed by atoms with Crippen LogP contribution in [0.25, 0.3) is 5.76 Å². The summed E-state index contributed by atoms with van der Waals surface area (Å²) >= 11 is 11.9. The Hall–Kier alpha value is -2.30. The molecule has 1 N–H and O–H groups in total. The van der Waals surface area contributed by atoms with Gasteiger partial charge in [0.05, 0.1) is 17.3 Å². The molecule has 0 heterocycles. The zero-order chi connectivity index (χ0) is 17.5. The molecule has 0 amide bonds. The van der Waals surface area contributed by atoms with Crippen LogP contribution in [0.2, 0.25) is 10.0 Å². The Balaban J connectivity index is 2.44. The van der Waals surface area contributed by atoms with Crippen LogP contribution < -0.4 is 0 Å². The highest BCUT2D eigenvalue weighted by Gasteiger charge is 2.17. The summed E-state index contributed by atoms with van der Waals surface area (Å²) in [6.07, 6.45) is 1.25. The van der Waals surface area contributed by atoms with E-state index in [0.717, 1.165) is 0 Å². The summed E-state index contributed by atoms with van der Waals surface area (Å²) in [7, 11) is 0. The van der Waals surface area contributed by atoms with E-state index in [1.54, 1.807) is 55.5 Å². The number of nitrogens with zero attached hydrogens (tertiary/aromatic N) is 1. The maximum Gasteiger partial charge on any atom is 0.343 e. The lowest BCUT2D eigenvalue weighted by Crippen LogP contribution is -2.11. The fraction of sp³-hybridized carbons (Fsp3) is 0.111. The van der Waals surface area contributed by atoms with E-state index >= 15 is 0 Å². The number of rotatable bonds is 5. The summed E-state index contributed by atoms with van der Waals surface area (Å²) in [4.78, 5) is 16.3. The third-order valence-electron chi connectivity index (χ3n) is 3.05. The second-order valence-corrected chi connectivity index (χ2v) is 5.54. The van der Waals surface area contributed by atoms with Crippen LogP contribution in [0.5, 0.6) is 0 Å². The van der Waals surface area contributed by atoms with Crippen LogP contribution in [-0.4, -0.2) is 23.9 Å². The minimum atomic E-state index is -0.687. The zero-order valence-corrected chi connectivity index (χ0v) is 14.4. The van der Waals surface area contributed by atoms with E-state index in [2.05, 4.69) is 4.99 Å². The van der Waals surface area contributed by atoms with Gasteiger partial charge in [-0.3, -0.25) is 4.99 Å². The Bertz CT molecular complexity index is 783. The number of hydrogen-bond donors (Lipinski definition) is 1. The Morgan fingerprint density at radius 1 is 1.17 bits per heavy atom. The molecular weight excluding hydrogens is 349 g/mol. The van der Waals surface area contributed by atoms with Crippen LogP contribution in [0.15, 0.2) is 59.1 Å². The first kappa shape index (κ1) is 18.0. The van der Waals surface area contributed by atoms with Crippen molar-refractivity contribution in [1.82, 2.24) is 0 Å². The van der Waals surface area contributed by atoms with Gasteiger partial charge in [0.15, 0.2) is 0 Å². The molecule has 0 aliphatic rings. The Labute approximate surface area is 150 Å². The molecule has 0 fully saturated rings. The van der Waals surface area contributed by atoms with E-state index in [0.29, 0.717) is 21.3 Å². The minimum absolute atomic E-state index is 0.0834. The molecule has 124 valence electrons. The highest BCUT2D eigenvalue weighted by molar-refractivity contribution is 6.32. The fourth-order valence-electron chi connectivity index (χ4n) is 1.88. The molecule has 0 unspecified atom stereocenters. The smallest absolute Gasteiger partial charge is 0.343 e. The van der Waals surface area contributed by atoms with Gasteiger partial charge in [0.25, 0.3) is 0 Å². The normalized spacial score (nSPS) is 12.1. The number of aliphatic hydroxyl groups excluding tert-OH is 1. The summed E-state index contributed by atoms with van der Waals surface area (Å²) in [6, 6.07) is 13.4. The van der Waals surface area contributed by atoms with Crippen molar-refractivity contribution >= 4 is 46.8 Å². The van der Waals surface area contributed by atoms with Gasteiger partial charge in [-0.1, -0.05) is 35.3 Å². The van der Waals surface area contributed by atoms with Gasteiger partial charge < -0.3 is 9.84 Å². The number of hydrogen-bond acceptors (Lipinski definition) is 4. The van der Waals surface area contributed by atoms with Gasteiger partial charge >= 0.3 is 5.97 Å². The van der Waals surface area contributed by atoms with Crippen molar-refractivity contribution in [3.63, 3.8) is 0 Å². The number of halogens is 2.